The van der Waals surface area contributed by atoms with E-state index in [1.165, 1.54) is 0 Å². The van der Waals surface area contributed by atoms with Crippen LogP contribution in [0.15, 0.2) is 30.5 Å². The Hall–Kier alpha value is -2.30. The maximum absolute atomic E-state index is 12.7. The third kappa shape index (κ3) is 2.77. The fraction of sp³-hybridized carbons (Fsp3) is 0.375. The number of carboxylic acid groups (broad SMARTS) is 1. The highest BCUT2D eigenvalue weighted by Gasteiger charge is 2.26. The van der Waals surface area contributed by atoms with Gasteiger partial charge in [0.15, 0.2) is 0 Å². The summed E-state index contributed by atoms with van der Waals surface area (Å²) in [4.78, 5) is 28.4. The molecule has 21 heavy (non-hydrogen) atoms. The molecule has 1 fully saturated rings. The molecular formula is C16H18N2O3. The number of rotatable bonds is 3. The van der Waals surface area contributed by atoms with Crippen molar-refractivity contribution in [1.82, 2.24) is 9.88 Å². The summed E-state index contributed by atoms with van der Waals surface area (Å²) in [5.74, 6) is -0.733. The monoisotopic (exact) mass is 286 g/mol. The summed E-state index contributed by atoms with van der Waals surface area (Å²) in [5, 5.41) is 9.83. The number of aliphatic carboxylic acids is 1. The van der Waals surface area contributed by atoms with E-state index in [1.54, 1.807) is 4.90 Å². The van der Waals surface area contributed by atoms with Crippen LogP contribution < -0.4 is 0 Å². The van der Waals surface area contributed by atoms with Gasteiger partial charge in [-0.1, -0.05) is 6.07 Å². The first-order valence-corrected chi connectivity index (χ1v) is 7.22. The summed E-state index contributed by atoms with van der Waals surface area (Å²) in [6.07, 6.45) is 3.71. The molecule has 5 heteroatoms. The fourth-order valence-electron chi connectivity index (χ4n) is 3.11. The van der Waals surface area contributed by atoms with E-state index in [2.05, 4.69) is 4.98 Å². The Labute approximate surface area is 122 Å². The van der Waals surface area contributed by atoms with Crippen molar-refractivity contribution in [3.63, 3.8) is 0 Å². The average Bonchev–Trinajstić information content (AvgIpc) is 2.94. The largest absolute Gasteiger partial charge is 0.481 e. The lowest BCUT2D eigenvalue weighted by Crippen LogP contribution is -2.40. The molecule has 1 aliphatic rings. The quantitative estimate of drug-likeness (QED) is 0.910. The van der Waals surface area contributed by atoms with E-state index in [0.29, 0.717) is 18.7 Å². The van der Waals surface area contributed by atoms with Gasteiger partial charge in [-0.2, -0.15) is 0 Å². The molecule has 0 saturated carbocycles. The molecule has 1 aromatic heterocycles. The van der Waals surface area contributed by atoms with Crippen LogP contribution >= 0.6 is 0 Å². The van der Waals surface area contributed by atoms with Crippen LogP contribution in [0.4, 0.5) is 0 Å². The minimum absolute atomic E-state index is 0.00436. The predicted octanol–water partition coefficient (Wildman–Crippen LogP) is 2.49. The lowest BCUT2D eigenvalue weighted by atomic mass is 9.94. The molecule has 0 spiro atoms. The van der Waals surface area contributed by atoms with E-state index in [4.69, 9.17) is 5.11 Å². The van der Waals surface area contributed by atoms with Crippen molar-refractivity contribution in [3.8, 4) is 0 Å². The molecule has 2 aromatic rings. The molecule has 2 N–H and O–H groups in total. The van der Waals surface area contributed by atoms with E-state index >= 15 is 0 Å². The molecule has 5 nitrogen and oxygen atoms in total. The molecule has 0 aliphatic carbocycles. The van der Waals surface area contributed by atoms with Crippen LogP contribution in [0.5, 0.6) is 0 Å². The molecule has 0 bridgehead atoms. The summed E-state index contributed by atoms with van der Waals surface area (Å²) in [5.41, 5.74) is 1.63. The van der Waals surface area contributed by atoms with Crippen LogP contribution in [-0.2, 0) is 4.79 Å². The van der Waals surface area contributed by atoms with Gasteiger partial charge in [-0.3, -0.25) is 9.59 Å². The second-order valence-electron chi connectivity index (χ2n) is 5.60. The van der Waals surface area contributed by atoms with E-state index in [-0.39, 0.29) is 18.2 Å². The van der Waals surface area contributed by atoms with Gasteiger partial charge in [0.05, 0.1) is 0 Å². The summed E-state index contributed by atoms with van der Waals surface area (Å²) in [7, 11) is 0. The maximum Gasteiger partial charge on any atom is 0.303 e. The molecule has 2 heterocycles. The minimum Gasteiger partial charge on any atom is -0.481 e. The minimum atomic E-state index is -0.790. The Morgan fingerprint density at radius 1 is 1.33 bits per heavy atom. The number of aromatic amines is 1. The van der Waals surface area contributed by atoms with Crippen LogP contribution in [0.25, 0.3) is 10.9 Å². The lowest BCUT2D eigenvalue weighted by molar-refractivity contribution is -0.138. The number of hydrogen-bond acceptors (Lipinski definition) is 2. The number of hydrogen-bond donors (Lipinski definition) is 2. The third-order valence-electron chi connectivity index (χ3n) is 4.09. The highest BCUT2D eigenvalue weighted by Crippen LogP contribution is 2.24. The number of benzene rings is 1. The molecule has 1 aliphatic heterocycles. The van der Waals surface area contributed by atoms with Crippen LogP contribution in [-0.4, -0.2) is 40.0 Å². The maximum atomic E-state index is 12.7. The normalized spacial score (nSPS) is 18.9. The molecule has 1 amide bonds. The van der Waals surface area contributed by atoms with Crippen LogP contribution in [0.2, 0.25) is 0 Å². The number of likely N-dealkylation sites (tertiary alicyclic amines) is 1. The van der Waals surface area contributed by atoms with Crippen LogP contribution in [0, 0.1) is 5.92 Å². The van der Waals surface area contributed by atoms with Gasteiger partial charge < -0.3 is 15.0 Å². The lowest BCUT2D eigenvalue weighted by Gasteiger charge is -2.32. The van der Waals surface area contributed by atoms with Crippen molar-refractivity contribution in [2.45, 2.75) is 19.3 Å². The van der Waals surface area contributed by atoms with E-state index < -0.39 is 5.97 Å². The first-order chi connectivity index (χ1) is 10.1. The Morgan fingerprint density at radius 2 is 2.19 bits per heavy atom. The Bertz CT molecular complexity index is 677. The van der Waals surface area contributed by atoms with Crippen molar-refractivity contribution >= 4 is 22.8 Å². The number of piperidine rings is 1. The van der Waals surface area contributed by atoms with Crippen molar-refractivity contribution in [2.75, 3.05) is 13.1 Å². The van der Waals surface area contributed by atoms with Gasteiger partial charge in [-0.25, -0.2) is 0 Å². The van der Waals surface area contributed by atoms with Crippen molar-refractivity contribution in [2.24, 2.45) is 5.92 Å². The second-order valence-corrected chi connectivity index (χ2v) is 5.60. The molecule has 1 aromatic carbocycles. The van der Waals surface area contributed by atoms with E-state index in [9.17, 15) is 9.59 Å². The van der Waals surface area contributed by atoms with Crippen molar-refractivity contribution < 1.29 is 14.7 Å². The molecular weight excluding hydrogens is 268 g/mol. The number of amides is 1. The number of nitrogens with one attached hydrogen (secondary N) is 1. The first kappa shape index (κ1) is 13.7. The van der Waals surface area contributed by atoms with Gasteiger partial charge >= 0.3 is 5.97 Å². The SMILES string of the molecule is O=C(O)CC1CCCN(C(=O)c2cccc3[nH]ccc23)C1. The Morgan fingerprint density at radius 3 is 3.00 bits per heavy atom. The van der Waals surface area contributed by atoms with Gasteiger partial charge in [0.2, 0.25) is 0 Å². The zero-order valence-corrected chi connectivity index (χ0v) is 11.7. The molecule has 1 atom stereocenters. The zero-order chi connectivity index (χ0) is 14.8. The smallest absolute Gasteiger partial charge is 0.303 e. The van der Waals surface area contributed by atoms with Gasteiger partial charge in [0.25, 0.3) is 5.91 Å². The predicted molar refractivity (Wildman–Crippen MR) is 79.2 cm³/mol. The number of carboxylic acids is 1. The molecule has 0 radical (unpaired) electrons. The van der Waals surface area contributed by atoms with Crippen LogP contribution in [0.1, 0.15) is 29.6 Å². The van der Waals surface area contributed by atoms with Crippen molar-refractivity contribution in [1.29, 1.82) is 0 Å². The van der Waals surface area contributed by atoms with Gasteiger partial charge in [-0.15, -0.1) is 0 Å². The average molecular weight is 286 g/mol. The summed E-state index contributed by atoms with van der Waals surface area (Å²) in [6, 6.07) is 7.54. The Kier molecular flexibility index (Phi) is 3.64. The summed E-state index contributed by atoms with van der Waals surface area (Å²) >= 11 is 0. The standard InChI is InChI=1S/C16H18N2O3/c19-15(20)9-11-3-2-8-18(10-11)16(21)13-4-1-5-14-12(13)6-7-17-14/h1,4-7,11,17H,2-3,8-10H2,(H,19,20). The summed E-state index contributed by atoms with van der Waals surface area (Å²) < 4.78 is 0. The van der Waals surface area contributed by atoms with Crippen molar-refractivity contribution in [3.05, 3.63) is 36.0 Å². The molecule has 110 valence electrons. The van der Waals surface area contributed by atoms with Gasteiger partial charge in [0.1, 0.15) is 0 Å². The Balaban J connectivity index is 1.81. The van der Waals surface area contributed by atoms with E-state index in [1.807, 2.05) is 30.5 Å². The summed E-state index contributed by atoms with van der Waals surface area (Å²) in [6.45, 7) is 1.24. The number of carbonyl (C=O) groups is 2. The molecule has 1 unspecified atom stereocenters. The molecule has 1 saturated heterocycles. The number of aromatic nitrogens is 1. The fourth-order valence-corrected chi connectivity index (χ4v) is 3.11. The molecule has 3 rings (SSSR count). The number of fused-ring (bicyclic) bond motifs is 1. The van der Waals surface area contributed by atoms with Gasteiger partial charge in [0, 0.05) is 42.2 Å². The third-order valence-corrected chi connectivity index (χ3v) is 4.09. The highest BCUT2D eigenvalue weighted by molar-refractivity contribution is 6.06. The van der Waals surface area contributed by atoms with Gasteiger partial charge in [-0.05, 0) is 37.0 Å². The topological polar surface area (TPSA) is 73.4 Å². The highest BCUT2D eigenvalue weighted by atomic mass is 16.4. The van der Waals surface area contributed by atoms with Crippen LogP contribution in [0.3, 0.4) is 0 Å². The number of carbonyl (C=O) groups excluding carboxylic acids is 1. The zero-order valence-electron chi connectivity index (χ0n) is 11.7. The van der Waals surface area contributed by atoms with E-state index in [0.717, 1.165) is 23.7 Å². The second kappa shape index (κ2) is 5.60. The first-order valence-electron chi connectivity index (χ1n) is 7.22. The number of H-pyrrole nitrogens is 1. The number of nitrogens with zero attached hydrogens (tertiary/aromatic N) is 1.